The SMILES string of the molecule is O=C(NCc1cn(-c2ccccc2)nc1-c1ccccc1)[C@H]1CS[C@@]2(c3ccccc3)CCC(=O)N12. The minimum absolute atomic E-state index is 0.0471. The standard InChI is InChI=1S/C29H26N4O2S/c34-26-16-17-29(23-12-6-2-7-13-23)33(26)25(20-36-29)28(35)30-18-22-19-32(24-14-8-3-9-15-24)31-27(22)21-10-4-1-5-11-21/h1-15,19,25H,16-18,20H2,(H,30,35)/t25-,29-/m1/s1. The van der Waals surface area contributed by atoms with E-state index in [9.17, 15) is 9.59 Å². The second-order valence-corrected chi connectivity index (χ2v) is 10.4. The molecular formula is C29H26N4O2S. The van der Waals surface area contributed by atoms with E-state index in [0.29, 0.717) is 18.7 Å². The van der Waals surface area contributed by atoms with Crippen molar-refractivity contribution < 1.29 is 9.59 Å². The number of amides is 2. The quantitative estimate of drug-likeness (QED) is 0.420. The highest BCUT2D eigenvalue weighted by Gasteiger charge is 2.56. The molecule has 2 aliphatic rings. The molecule has 2 aliphatic heterocycles. The van der Waals surface area contributed by atoms with Crippen LogP contribution in [0, 0.1) is 0 Å². The first-order valence-corrected chi connectivity index (χ1v) is 13.1. The van der Waals surface area contributed by atoms with Crippen LogP contribution in [0.1, 0.15) is 24.0 Å². The number of aromatic nitrogens is 2. The summed E-state index contributed by atoms with van der Waals surface area (Å²) in [6.45, 7) is 0.331. The van der Waals surface area contributed by atoms with E-state index >= 15 is 0 Å². The van der Waals surface area contributed by atoms with Gasteiger partial charge in [-0.15, -0.1) is 11.8 Å². The molecule has 0 spiro atoms. The molecule has 2 amide bonds. The Hall–Kier alpha value is -3.84. The van der Waals surface area contributed by atoms with Crippen LogP contribution < -0.4 is 5.32 Å². The lowest BCUT2D eigenvalue weighted by molar-refractivity contribution is -0.138. The van der Waals surface area contributed by atoms with Gasteiger partial charge in [0.25, 0.3) is 0 Å². The van der Waals surface area contributed by atoms with Crippen LogP contribution in [0.5, 0.6) is 0 Å². The van der Waals surface area contributed by atoms with Crippen molar-refractivity contribution in [1.82, 2.24) is 20.0 Å². The fraction of sp³-hybridized carbons (Fsp3) is 0.207. The lowest BCUT2D eigenvalue weighted by Gasteiger charge is -2.34. The van der Waals surface area contributed by atoms with Gasteiger partial charge in [0, 0.05) is 36.0 Å². The Morgan fingerprint density at radius 3 is 2.36 bits per heavy atom. The monoisotopic (exact) mass is 494 g/mol. The highest BCUT2D eigenvalue weighted by Crippen LogP contribution is 2.54. The number of carbonyl (C=O) groups excluding carboxylic acids is 2. The summed E-state index contributed by atoms with van der Waals surface area (Å²) < 4.78 is 1.85. The molecule has 3 heterocycles. The topological polar surface area (TPSA) is 67.2 Å². The van der Waals surface area contributed by atoms with Gasteiger partial charge in [-0.3, -0.25) is 9.59 Å². The predicted octanol–water partition coefficient (Wildman–Crippen LogP) is 4.75. The molecule has 4 aromatic rings. The first-order chi connectivity index (χ1) is 17.7. The van der Waals surface area contributed by atoms with Crippen LogP contribution in [0.2, 0.25) is 0 Å². The van der Waals surface area contributed by atoms with Gasteiger partial charge in [0.15, 0.2) is 0 Å². The first-order valence-electron chi connectivity index (χ1n) is 12.1. The number of fused-ring (bicyclic) bond motifs is 1. The number of carbonyl (C=O) groups is 2. The van der Waals surface area contributed by atoms with Gasteiger partial charge in [0.05, 0.1) is 11.4 Å². The van der Waals surface area contributed by atoms with Crippen LogP contribution in [0.4, 0.5) is 0 Å². The summed E-state index contributed by atoms with van der Waals surface area (Å²) in [5.41, 5.74) is 4.79. The molecule has 0 saturated carbocycles. The zero-order valence-corrected chi connectivity index (χ0v) is 20.5. The van der Waals surface area contributed by atoms with Crippen molar-refractivity contribution in [3.63, 3.8) is 0 Å². The smallest absolute Gasteiger partial charge is 0.244 e. The highest BCUT2D eigenvalue weighted by molar-refractivity contribution is 8.00. The Morgan fingerprint density at radius 2 is 1.64 bits per heavy atom. The summed E-state index contributed by atoms with van der Waals surface area (Å²) in [6.07, 6.45) is 3.16. The Bertz CT molecular complexity index is 1390. The molecule has 7 heteroatoms. The minimum atomic E-state index is -0.491. The molecule has 3 aromatic carbocycles. The third-order valence-electron chi connectivity index (χ3n) is 6.97. The predicted molar refractivity (Wildman–Crippen MR) is 141 cm³/mol. The Labute approximate surface area is 214 Å². The number of nitrogens with one attached hydrogen (secondary N) is 1. The van der Waals surface area contributed by atoms with Crippen molar-refractivity contribution in [2.45, 2.75) is 30.3 Å². The normalized spacial score (nSPS) is 20.9. The third kappa shape index (κ3) is 3.89. The van der Waals surface area contributed by atoms with Gasteiger partial charge in [-0.05, 0) is 24.1 Å². The van der Waals surface area contributed by atoms with Crippen LogP contribution in [0.25, 0.3) is 16.9 Å². The van der Waals surface area contributed by atoms with E-state index < -0.39 is 10.9 Å². The highest BCUT2D eigenvalue weighted by atomic mass is 32.2. The molecule has 0 unspecified atom stereocenters. The molecule has 2 saturated heterocycles. The molecule has 1 aromatic heterocycles. The van der Waals surface area contributed by atoms with Crippen LogP contribution in [0.3, 0.4) is 0 Å². The first kappa shape index (κ1) is 22.6. The molecule has 1 N–H and O–H groups in total. The van der Waals surface area contributed by atoms with Gasteiger partial charge in [0.1, 0.15) is 10.9 Å². The number of nitrogens with zero attached hydrogens (tertiary/aromatic N) is 3. The Kier molecular flexibility index (Phi) is 5.85. The summed E-state index contributed by atoms with van der Waals surface area (Å²) in [6, 6.07) is 29.5. The molecular weight excluding hydrogens is 468 g/mol. The van der Waals surface area contributed by atoms with Gasteiger partial charge in [0.2, 0.25) is 11.8 Å². The average molecular weight is 495 g/mol. The van der Waals surface area contributed by atoms with E-state index in [-0.39, 0.29) is 11.8 Å². The van der Waals surface area contributed by atoms with E-state index in [0.717, 1.165) is 34.5 Å². The zero-order valence-electron chi connectivity index (χ0n) is 19.7. The second-order valence-electron chi connectivity index (χ2n) is 9.11. The van der Waals surface area contributed by atoms with Gasteiger partial charge < -0.3 is 10.2 Å². The number of thioether (sulfide) groups is 1. The zero-order chi connectivity index (χ0) is 24.5. The van der Waals surface area contributed by atoms with Crippen LogP contribution >= 0.6 is 11.8 Å². The minimum Gasteiger partial charge on any atom is -0.350 e. The average Bonchev–Trinajstić information content (AvgIpc) is 3.63. The fourth-order valence-corrected chi connectivity index (χ4v) is 6.88. The van der Waals surface area contributed by atoms with Crippen molar-refractivity contribution in [1.29, 1.82) is 0 Å². The molecule has 2 atom stereocenters. The molecule has 0 bridgehead atoms. The fourth-order valence-electron chi connectivity index (χ4n) is 5.23. The number of rotatable bonds is 6. The summed E-state index contributed by atoms with van der Waals surface area (Å²) in [5.74, 6) is 0.509. The number of hydrogen-bond donors (Lipinski definition) is 1. The molecule has 6 nitrogen and oxygen atoms in total. The van der Waals surface area contributed by atoms with Crippen molar-refractivity contribution in [3.05, 3.63) is 108 Å². The van der Waals surface area contributed by atoms with Crippen LogP contribution in [-0.2, 0) is 21.0 Å². The molecule has 6 rings (SSSR count). The Balaban J connectivity index is 1.26. The van der Waals surface area contributed by atoms with E-state index in [1.165, 1.54) is 0 Å². The van der Waals surface area contributed by atoms with Gasteiger partial charge in [-0.2, -0.15) is 5.10 Å². The molecule has 36 heavy (non-hydrogen) atoms. The molecule has 0 aliphatic carbocycles. The van der Waals surface area contributed by atoms with Gasteiger partial charge >= 0.3 is 0 Å². The van der Waals surface area contributed by atoms with E-state index in [4.69, 9.17) is 5.10 Å². The lowest BCUT2D eigenvalue weighted by atomic mass is 10.0. The van der Waals surface area contributed by atoms with Crippen molar-refractivity contribution in [3.8, 4) is 16.9 Å². The van der Waals surface area contributed by atoms with Crippen LogP contribution in [-0.4, -0.2) is 38.3 Å². The summed E-state index contributed by atoms with van der Waals surface area (Å²) >= 11 is 1.70. The van der Waals surface area contributed by atoms with Gasteiger partial charge in [-0.1, -0.05) is 78.9 Å². The third-order valence-corrected chi connectivity index (χ3v) is 8.56. The van der Waals surface area contributed by atoms with E-state index in [1.54, 1.807) is 11.8 Å². The number of benzene rings is 3. The summed E-state index contributed by atoms with van der Waals surface area (Å²) in [5, 5.41) is 7.96. The van der Waals surface area contributed by atoms with Crippen LogP contribution in [0.15, 0.2) is 97.2 Å². The van der Waals surface area contributed by atoms with E-state index in [1.807, 2.05) is 94.6 Å². The lowest BCUT2D eigenvalue weighted by Crippen LogP contribution is -2.49. The van der Waals surface area contributed by atoms with Crippen molar-refractivity contribution in [2.75, 3.05) is 5.75 Å². The number of para-hydroxylation sites is 1. The number of hydrogen-bond acceptors (Lipinski definition) is 4. The maximum atomic E-state index is 13.5. The molecule has 0 radical (unpaired) electrons. The van der Waals surface area contributed by atoms with E-state index in [2.05, 4.69) is 17.4 Å². The maximum absolute atomic E-state index is 13.5. The molecule has 180 valence electrons. The van der Waals surface area contributed by atoms with Crippen molar-refractivity contribution in [2.24, 2.45) is 0 Å². The maximum Gasteiger partial charge on any atom is 0.244 e. The Morgan fingerprint density at radius 1 is 0.972 bits per heavy atom. The van der Waals surface area contributed by atoms with Gasteiger partial charge in [-0.25, -0.2) is 4.68 Å². The largest absolute Gasteiger partial charge is 0.350 e. The summed E-state index contributed by atoms with van der Waals surface area (Å²) in [7, 11) is 0. The second kappa shape index (κ2) is 9.32. The molecule has 2 fully saturated rings. The summed E-state index contributed by atoms with van der Waals surface area (Å²) in [4.78, 5) is 27.8. The van der Waals surface area contributed by atoms with Crippen molar-refractivity contribution >= 4 is 23.6 Å².